The molecule has 180 valence electrons. The van der Waals surface area contributed by atoms with Gasteiger partial charge in [0, 0.05) is 29.1 Å². The fourth-order valence-corrected chi connectivity index (χ4v) is 4.47. The van der Waals surface area contributed by atoms with Crippen molar-refractivity contribution in [3.63, 3.8) is 0 Å². The van der Waals surface area contributed by atoms with Gasteiger partial charge < -0.3 is 0 Å². The van der Waals surface area contributed by atoms with Crippen molar-refractivity contribution in [3.05, 3.63) is 149 Å². The maximum absolute atomic E-state index is 4.68. The first-order valence-corrected chi connectivity index (χ1v) is 12.2. The molecule has 0 spiro atoms. The zero-order valence-electron chi connectivity index (χ0n) is 20.6. The smallest absolute Gasteiger partial charge is 0.113 e. The van der Waals surface area contributed by atoms with Crippen molar-refractivity contribution in [2.75, 3.05) is 0 Å². The number of fused-ring (bicyclic) bond motifs is 3. The largest absolute Gasteiger partial charge is 0.256 e. The summed E-state index contributed by atoms with van der Waals surface area (Å²) in [4.78, 5) is 13.7. The first-order valence-electron chi connectivity index (χ1n) is 12.2. The molecule has 2 aromatic heterocycles. The molecular formula is C33H23N5. The lowest BCUT2D eigenvalue weighted by Gasteiger charge is -2.02. The van der Waals surface area contributed by atoms with E-state index in [1.54, 1.807) is 18.6 Å². The Balaban J connectivity index is 1.38. The van der Waals surface area contributed by atoms with Crippen molar-refractivity contribution in [1.29, 1.82) is 0 Å². The summed E-state index contributed by atoms with van der Waals surface area (Å²) in [5.41, 5.74) is 11.1. The molecule has 0 unspecified atom stereocenters. The van der Waals surface area contributed by atoms with Crippen LogP contribution in [0.4, 0.5) is 0 Å². The van der Waals surface area contributed by atoms with E-state index in [1.165, 1.54) is 0 Å². The molecule has 0 radical (unpaired) electrons. The number of hydrogen-bond acceptors (Lipinski definition) is 5. The summed E-state index contributed by atoms with van der Waals surface area (Å²) in [6.45, 7) is 8.01. The molecule has 0 fully saturated rings. The second-order valence-corrected chi connectivity index (χ2v) is 8.83. The molecule has 2 aromatic rings. The highest BCUT2D eigenvalue weighted by Crippen LogP contribution is 2.30. The van der Waals surface area contributed by atoms with Crippen molar-refractivity contribution in [2.45, 2.75) is 0 Å². The Morgan fingerprint density at radius 2 is 1.26 bits per heavy atom. The van der Waals surface area contributed by atoms with Gasteiger partial charge in [0.2, 0.25) is 0 Å². The number of allylic oxidation sites excluding steroid dienone is 8. The van der Waals surface area contributed by atoms with Crippen molar-refractivity contribution in [1.82, 2.24) is 25.1 Å². The Labute approximate surface area is 221 Å². The Bertz CT molecular complexity index is 1750. The highest BCUT2D eigenvalue weighted by molar-refractivity contribution is 5.83. The standard InChI is InChI=1S/C33H23N5/c1-3-22-18-30-24(7-5-15-34-30)9-11-26(22)17-28-13-14-29-32(37-38-33(29)21-36-28)20-27-12-10-25-8-6-16-35-31(25)19-23(27)4-2/h3-21H,1-2H2/b26-17+,27-20+. The van der Waals surface area contributed by atoms with E-state index in [4.69, 9.17) is 0 Å². The van der Waals surface area contributed by atoms with Gasteiger partial charge in [0.25, 0.3) is 0 Å². The maximum atomic E-state index is 4.68. The van der Waals surface area contributed by atoms with Gasteiger partial charge in [-0.15, -0.1) is 10.2 Å². The summed E-state index contributed by atoms with van der Waals surface area (Å²) in [5, 5.41) is 8.83. The van der Waals surface area contributed by atoms with Crippen LogP contribution in [-0.4, -0.2) is 25.1 Å². The molecule has 5 heteroatoms. The molecule has 0 bridgehead atoms. The van der Waals surface area contributed by atoms with E-state index >= 15 is 0 Å². The van der Waals surface area contributed by atoms with Gasteiger partial charge in [-0.1, -0.05) is 61.7 Å². The molecule has 0 saturated carbocycles. The number of aromatic nitrogens is 5. The predicted octanol–water partition coefficient (Wildman–Crippen LogP) is 7.13. The van der Waals surface area contributed by atoms with Gasteiger partial charge in [0.1, 0.15) is 5.69 Å². The van der Waals surface area contributed by atoms with Crippen LogP contribution in [0.2, 0.25) is 0 Å². The van der Waals surface area contributed by atoms with Gasteiger partial charge in [0.05, 0.1) is 29.0 Å². The van der Waals surface area contributed by atoms with Gasteiger partial charge in [-0.25, -0.2) is 0 Å². The zero-order valence-corrected chi connectivity index (χ0v) is 20.6. The highest BCUT2D eigenvalue weighted by atomic mass is 15.1. The highest BCUT2D eigenvalue weighted by Gasteiger charge is 2.14. The first-order chi connectivity index (χ1) is 18.7. The van der Waals surface area contributed by atoms with Crippen molar-refractivity contribution >= 4 is 36.5 Å². The molecule has 4 aliphatic rings. The molecule has 0 amide bonds. The van der Waals surface area contributed by atoms with Crippen molar-refractivity contribution < 1.29 is 0 Å². The minimum Gasteiger partial charge on any atom is -0.256 e. The fraction of sp³-hybridized carbons (Fsp3) is 0. The van der Waals surface area contributed by atoms with Gasteiger partial charge in [-0.2, -0.15) is 0 Å². The van der Waals surface area contributed by atoms with Crippen LogP contribution in [-0.2, 0) is 0 Å². The lowest BCUT2D eigenvalue weighted by atomic mass is 10.0. The minimum absolute atomic E-state index is 0.723. The molecule has 2 aliphatic carbocycles. The third-order valence-electron chi connectivity index (χ3n) is 6.49. The van der Waals surface area contributed by atoms with Gasteiger partial charge >= 0.3 is 0 Å². The minimum atomic E-state index is 0.723. The van der Waals surface area contributed by atoms with Gasteiger partial charge in [-0.05, 0) is 70.9 Å². The number of nitrogens with zero attached hydrogens (tertiary/aromatic N) is 5. The van der Waals surface area contributed by atoms with Crippen LogP contribution < -0.4 is 0 Å². The zero-order chi connectivity index (χ0) is 25.9. The molecule has 0 aromatic carbocycles. The number of pyridine rings is 2. The van der Waals surface area contributed by atoms with E-state index in [9.17, 15) is 0 Å². The van der Waals surface area contributed by atoms with Crippen LogP contribution in [0.3, 0.4) is 0 Å². The Hall–Kier alpha value is -5.29. The summed E-state index contributed by atoms with van der Waals surface area (Å²) in [6, 6.07) is 12.0. The Kier molecular flexibility index (Phi) is 6.08. The summed E-state index contributed by atoms with van der Waals surface area (Å²) in [5.74, 6) is 0. The summed E-state index contributed by atoms with van der Waals surface area (Å²) >= 11 is 0. The first kappa shape index (κ1) is 23.1. The summed E-state index contributed by atoms with van der Waals surface area (Å²) < 4.78 is 0. The summed E-state index contributed by atoms with van der Waals surface area (Å²) in [6.07, 6.45) is 25.4. The molecule has 0 atom stereocenters. The molecule has 38 heavy (non-hydrogen) atoms. The van der Waals surface area contributed by atoms with Crippen LogP contribution >= 0.6 is 0 Å². The van der Waals surface area contributed by atoms with Crippen LogP contribution in [0.5, 0.6) is 0 Å². The Morgan fingerprint density at radius 1 is 0.632 bits per heavy atom. The predicted molar refractivity (Wildman–Crippen MR) is 155 cm³/mol. The second-order valence-electron chi connectivity index (χ2n) is 8.83. The van der Waals surface area contributed by atoms with Gasteiger partial charge in [0.15, 0.2) is 0 Å². The third kappa shape index (κ3) is 4.49. The monoisotopic (exact) mass is 489 g/mol. The average molecular weight is 490 g/mol. The molecule has 0 saturated heterocycles. The maximum Gasteiger partial charge on any atom is 0.113 e. The molecule has 6 rings (SSSR count). The lowest BCUT2D eigenvalue weighted by molar-refractivity contribution is 1.08. The molecule has 4 heterocycles. The summed E-state index contributed by atoms with van der Waals surface area (Å²) in [7, 11) is 0. The van der Waals surface area contributed by atoms with Crippen LogP contribution in [0.15, 0.2) is 115 Å². The van der Waals surface area contributed by atoms with Crippen LogP contribution in [0.1, 0.15) is 33.9 Å². The normalized spacial score (nSPS) is 16.3. The topological polar surface area (TPSA) is 64.5 Å². The van der Waals surface area contributed by atoms with Crippen molar-refractivity contribution in [3.8, 4) is 11.3 Å². The van der Waals surface area contributed by atoms with E-state index in [2.05, 4.69) is 62.6 Å². The molecule has 2 aliphatic heterocycles. The third-order valence-corrected chi connectivity index (χ3v) is 6.49. The molecule has 5 nitrogen and oxygen atoms in total. The van der Waals surface area contributed by atoms with E-state index in [0.717, 1.165) is 67.5 Å². The van der Waals surface area contributed by atoms with Crippen LogP contribution in [0, 0.1) is 0 Å². The number of hydrogen-bond donors (Lipinski definition) is 0. The molecule has 0 N–H and O–H groups in total. The fourth-order valence-electron chi connectivity index (χ4n) is 4.47. The van der Waals surface area contributed by atoms with E-state index < -0.39 is 0 Å². The van der Waals surface area contributed by atoms with Crippen molar-refractivity contribution in [2.24, 2.45) is 0 Å². The quantitative estimate of drug-likeness (QED) is 0.305. The Morgan fingerprint density at radius 3 is 1.89 bits per heavy atom. The molecular weight excluding hydrogens is 466 g/mol. The van der Waals surface area contributed by atoms with E-state index in [-0.39, 0.29) is 0 Å². The number of rotatable bonds is 4. The average Bonchev–Trinajstić information content (AvgIpc) is 3.09. The van der Waals surface area contributed by atoms with Gasteiger partial charge in [-0.3, -0.25) is 15.0 Å². The van der Waals surface area contributed by atoms with Crippen LogP contribution in [0.25, 0.3) is 47.7 Å². The lowest BCUT2D eigenvalue weighted by Crippen LogP contribution is -1.86. The van der Waals surface area contributed by atoms with E-state index in [0.29, 0.717) is 0 Å². The van der Waals surface area contributed by atoms with E-state index in [1.807, 2.05) is 72.9 Å². The second kappa shape index (κ2) is 9.99. The SMILES string of the molecule is C=CC1=Cc2ncccc2C=C/C1=C\c1ccc2c(/C=C3\C=Cc4cccnc4C=C3C=C)nnc-2cn1.